The van der Waals surface area contributed by atoms with Crippen LogP contribution >= 0.6 is 0 Å². The lowest BCUT2D eigenvalue weighted by Crippen LogP contribution is -2.32. The van der Waals surface area contributed by atoms with Crippen molar-refractivity contribution >= 4 is 11.9 Å². The molecule has 29 heavy (non-hydrogen) atoms. The zero-order valence-corrected chi connectivity index (χ0v) is 16.0. The molecule has 1 aliphatic heterocycles. The molecule has 1 aliphatic rings. The van der Waals surface area contributed by atoms with Crippen LogP contribution in [0.1, 0.15) is 35.6 Å². The van der Waals surface area contributed by atoms with Crippen molar-refractivity contribution in [2.24, 2.45) is 0 Å². The first-order valence-electron chi connectivity index (χ1n) is 9.50. The SMILES string of the molecule is C[C@H](NC(=O)COC(=O)C1c2ccccc2Oc2ccccc21)c1ccccc1. The van der Waals surface area contributed by atoms with Crippen molar-refractivity contribution in [3.05, 3.63) is 95.6 Å². The maximum atomic E-state index is 12.9. The van der Waals surface area contributed by atoms with Gasteiger partial charge in [0.15, 0.2) is 6.61 Å². The zero-order chi connectivity index (χ0) is 20.2. The Hall–Kier alpha value is -3.60. The van der Waals surface area contributed by atoms with Gasteiger partial charge in [-0.05, 0) is 24.6 Å². The Bertz CT molecular complexity index is 986. The summed E-state index contributed by atoms with van der Waals surface area (Å²) in [5.41, 5.74) is 2.45. The average Bonchev–Trinajstić information content (AvgIpc) is 2.76. The van der Waals surface area contributed by atoms with Crippen LogP contribution in [0.4, 0.5) is 0 Å². The number of carbonyl (C=O) groups excluding carboxylic acids is 2. The van der Waals surface area contributed by atoms with Crippen LogP contribution in [0.25, 0.3) is 0 Å². The van der Waals surface area contributed by atoms with Crippen LogP contribution in [-0.2, 0) is 14.3 Å². The highest BCUT2D eigenvalue weighted by Gasteiger charge is 2.33. The van der Waals surface area contributed by atoms with Gasteiger partial charge in [0.05, 0.1) is 6.04 Å². The molecule has 0 aromatic heterocycles. The molecule has 0 bridgehead atoms. The lowest BCUT2D eigenvalue weighted by Gasteiger charge is -2.26. The van der Waals surface area contributed by atoms with E-state index in [1.54, 1.807) is 0 Å². The van der Waals surface area contributed by atoms with Crippen LogP contribution in [-0.4, -0.2) is 18.5 Å². The molecule has 5 nitrogen and oxygen atoms in total. The van der Waals surface area contributed by atoms with E-state index in [9.17, 15) is 9.59 Å². The lowest BCUT2D eigenvalue weighted by atomic mass is 9.88. The number of hydrogen-bond acceptors (Lipinski definition) is 4. The molecule has 1 heterocycles. The molecule has 0 saturated heterocycles. The first-order chi connectivity index (χ1) is 14.1. The summed E-state index contributed by atoms with van der Waals surface area (Å²) in [6.45, 7) is 1.55. The van der Waals surface area contributed by atoms with Gasteiger partial charge >= 0.3 is 5.97 Å². The van der Waals surface area contributed by atoms with Gasteiger partial charge in [-0.3, -0.25) is 9.59 Å². The number of hydrogen-bond donors (Lipinski definition) is 1. The van der Waals surface area contributed by atoms with Gasteiger partial charge in [-0.25, -0.2) is 0 Å². The second-order valence-electron chi connectivity index (χ2n) is 6.92. The van der Waals surface area contributed by atoms with E-state index < -0.39 is 11.9 Å². The molecule has 0 fully saturated rings. The Balaban J connectivity index is 1.46. The zero-order valence-electron chi connectivity index (χ0n) is 16.0. The van der Waals surface area contributed by atoms with Crippen LogP contribution in [0, 0.1) is 0 Å². The molecule has 0 aliphatic carbocycles. The predicted molar refractivity (Wildman–Crippen MR) is 109 cm³/mol. The largest absolute Gasteiger partial charge is 0.457 e. The fourth-order valence-corrected chi connectivity index (χ4v) is 3.49. The van der Waals surface area contributed by atoms with Crippen molar-refractivity contribution in [1.29, 1.82) is 0 Å². The number of amides is 1. The Kier molecular flexibility index (Phi) is 5.29. The summed E-state index contributed by atoms with van der Waals surface area (Å²) in [5, 5.41) is 2.85. The van der Waals surface area contributed by atoms with Crippen molar-refractivity contribution in [1.82, 2.24) is 5.32 Å². The van der Waals surface area contributed by atoms with Gasteiger partial charge in [0.2, 0.25) is 0 Å². The van der Waals surface area contributed by atoms with Gasteiger partial charge in [0.25, 0.3) is 5.91 Å². The fourth-order valence-electron chi connectivity index (χ4n) is 3.49. The maximum absolute atomic E-state index is 12.9. The number of para-hydroxylation sites is 2. The average molecular weight is 387 g/mol. The highest BCUT2D eigenvalue weighted by molar-refractivity contribution is 5.87. The number of carbonyl (C=O) groups is 2. The van der Waals surface area contributed by atoms with Gasteiger partial charge in [0, 0.05) is 11.1 Å². The summed E-state index contributed by atoms with van der Waals surface area (Å²) in [4.78, 5) is 25.2. The molecular formula is C24H21NO4. The van der Waals surface area contributed by atoms with Crippen LogP contribution < -0.4 is 10.1 Å². The summed E-state index contributed by atoms with van der Waals surface area (Å²) in [6.07, 6.45) is 0. The van der Waals surface area contributed by atoms with Crippen molar-refractivity contribution in [3.8, 4) is 11.5 Å². The molecule has 1 atom stereocenters. The van der Waals surface area contributed by atoms with E-state index in [4.69, 9.17) is 9.47 Å². The van der Waals surface area contributed by atoms with Crippen molar-refractivity contribution < 1.29 is 19.1 Å². The van der Waals surface area contributed by atoms with Crippen LogP contribution in [0.5, 0.6) is 11.5 Å². The standard InChI is InChI=1S/C24H21NO4/c1-16(17-9-3-2-4-10-17)25-22(26)15-28-24(27)23-18-11-5-7-13-20(18)29-21-14-8-6-12-19(21)23/h2-14,16,23H,15H2,1H3,(H,25,26)/t16-/m0/s1. The highest BCUT2D eigenvalue weighted by atomic mass is 16.5. The summed E-state index contributed by atoms with van der Waals surface area (Å²) < 4.78 is 11.3. The topological polar surface area (TPSA) is 64.6 Å². The van der Waals surface area contributed by atoms with E-state index in [0.717, 1.165) is 16.7 Å². The minimum atomic E-state index is -0.629. The number of ether oxygens (including phenoxy) is 2. The van der Waals surface area contributed by atoms with E-state index >= 15 is 0 Å². The minimum absolute atomic E-state index is 0.174. The van der Waals surface area contributed by atoms with E-state index in [-0.39, 0.29) is 18.6 Å². The third-order valence-corrected chi connectivity index (χ3v) is 4.94. The van der Waals surface area contributed by atoms with Gasteiger partial charge in [0.1, 0.15) is 17.4 Å². The summed E-state index contributed by atoms with van der Waals surface area (Å²) in [7, 11) is 0. The maximum Gasteiger partial charge on any atom is 0.318 e. The van der Waals surface area contributed by atoms with Crippen LogP contribution in [0.3, 0.4) is 0 Å². The molecule has 146 valence electrons. The Morgan fingerprint density at radius 2 is 1.45 bits per heavy atom. The first-order valence-corrected chi connectivity index (χ1v) is 9.50. The lowest BCUT2D eigenvalue weighted by molar-refractivity contribution is -0.149. The van der Waals surface area contributed by atoms with Crippen LogP contribution in [0.2, 0.25) is 0 Å². The molecule has 0 unspecified atom stereocenters. The molecule has 5 heteroatoms. The number of benzene rings is 3. The number of esters is 1. The van der Waals surface area contributed by atoms with Gasteiger partial charge < -0.3 is 14.8 Å². The normalized spacial score (nSPS) is 13.4. The van der Waals surface area contributed by atoms with E-state index in [1.807, 2.05) is 85.8 Å². The van der Waals surface area contributed by atoms with Crippen molar-refractivity contribution in [3.63, 3.8) is 0 Å². The minimum Gasteiger partial charge on any atom is -0.457 e. The fraction of sp³-hybridized carbons (Fsp3) is 0.167. The molecule has 3 aromatic rings. The second-order valence-corrected chi connectivity index (χ2v) is 6.92. The van der Waals surface area contributed by atoms with Crippen molar-refractivity contribution in [2.45, 2.75) is 18.9 Å². The first kappa shape index (κ1) is 18.7. The quantitative estimate of drug-likeness (QED) is 0.661. The third-order valence-electron chi connectivity index (χ3n) is 4.94. The van der Waals surface area contributed by atoms with Gasteiger partial charge in [-0.2, -0.15) is 0 Å². The molecule has 0 spiro atoms. The van der Waals surface area contributed by atoms with E-state index in [0.29, 0.717) is 11.5 Å². The second kappa shape index (κ2) is 8.19. The van der Waals surface area contributed by atoms with Crippen LogP contribution in [0.15, 0.2) is 78.9 Å². The summed E-state index contributed by atoms with van der Waals surface area (Å²) in [6, 6.07) is 24.2. The Morgan fingerprint density at radius 1 is 0.897 bits per heavy atom. The monoisotopic (exact) mass is 387 g/mol. The van der Waals surface area contributed by atoms with Crippen molar-refractivity contribution in [2.75, 3.05) is 6.61 Å². The number of nitrogens with one attached hydrogen (secondary N) is 1. The molecule has 3 aromatic carbocycles. The van der Waals surface area contributed by atoms with E-state index in [2.05, 4.69) is 5.32 Å². The van der Waals surface area contributed by atoms with E-state index in [1.165, 1.54) is 0 Å². The molecule has 1 amide bonds. The molecule has 1 N–H and O–H groups in total. The summed E-state index contributed by atoms with van der Waals surface area (Å²) in [5.74, 6) is -0.208. The van der Waals surface area contributed by atoms with Gasteiger partial charge in [-0.1, -0.05) is 66.7 Å². The number of fused-ring (bicyclic) bond motifs is 2. The molecule has 0 radical (unpaired) electrons. The summed E-state index contributed by atoms with van der Waals surface area (Å²) >= 11 is 0. The molecule has 4 rings (SSSR count). The van der Waals surface area contributed by atoms with Gasteiger partial charge in [-0.15, -0.1) is 0 Å². The third kappa shape index (κ3) is 3.99. The predicted octanol–water partition coefficient (Wildman–Crippen LogP) is 4.34. The molecule has 0 saturated carbocycles. The number of rotatable bonds is 5. The Labute approximate surface area is 169 Å². The molecular weight excluding hydrogens is 366 g/mol. The smallest absolute Gasteiger partial charge is 0.318 e. The highest BCUT2D eigenvalue weighted by Crippen LogP contribution is 2.44. The Morgan fingerprint density at radius 3 is 2.07 bits per heavy atom.